The molecule has 1 fully saturated rings. The molecule has 0 amide bonds. The summed E-state index contributed by atoms with van der Waals surface area (Å²) in [7, 11) is 0. The molecular weight excluding hydrogens is 262 g/mol. The van der Waals surface area contributed by atoms with Gasteiger partial charge < -0.3 is 10.1 Å². The molecule has 2 rings (SSSR count). The first-order valence-corrected chi connectivity index (χ1v) is 7.43. The van der Waals surface area contributed by atoms with Crippen molar-refractivity contribution < 1.29 is 4.74 Å². The molecule has 0 aliphatic carbocycles. The lowest BCUT2D eigenvalue weighted by atomic mass is 10.1. The molecule has 0 radical (unpaired) electrons. The van der Waals surface area contributed by atoms with Crippen LogP contribution in [0.1, 0.15) is 51.3 Å². The first-order valence-electron chi connectivity index (χ1n) is 7.05. The average molecular weight is 284 g/mol. The van der Waals surface area contributed by atoms with E-state index in [0.717, 1.165) is 31.2 Å². The lowest BCUT2D eigenvalue weighted by Crippen LogP contribution is -2.22. The normalized spacial score (nSPS) is 19.7. The maximum Gasteiger partial charge on any atom is 0.135 e. The predicted molar refractivity (Wildman–Crippen MR) is 77.8 cm³/mol. The second-order valence-electron chi connectivity index (χ2n) is 5.29. The zero-order valence-electron chi connectivity index (χ0n) is 11.7. The molecule has 1 N–H and O–H groups in total. The van der Waals surface area contributed by atoms with Crippen molar-refractivity contribution in [1.82, 2.24) is 9.97 Å². The predicted octanol–water partition coefficient (Wildman–Crippen LogP) is 3.62. The van der Waals surface area contributed by atoms with Gasteiger partial charge in [0, 0.05) is 25.1 Å². The third kappa shape index (κ3) is 4.62. The number of hydrogen-bond acceptors (Lipinski definition) is 4. The van der Waals surface area contributed by atoms with Gasteiger partial charge in [-0.2, -0.15) is 0 Å². The minimum absolute atomic E-state index is 0.279. The van der Waals surface area contributed by atoms with Crippen LogP contribution in [0, 0.1) is 0 Å². The first kappa shape index (κ1) is 14.5. The van der Waals surface area contributed by atoms with Crippen molar-refractivity contribution in [3.8, 4) is 0 Å². The summed E-state index contributed by atoms with van der Waals surface area (Å²) in [6, 6.07) is 1.77. The van der Waals surface area contributed by atoms with Crippen molar-refractivity contribution in [3.63, 3.8) is 0 Å². The molecule has 0 saturated carbocycles. The van der Waals surface area contributed by atoms with Crippen LogP contribution in [0.5, 0.6) is 0 Å². The van der Waals surface area contributed by atoms with Gasteiger partial charge in [-0.25, -0.2) is 9.97 Å². The third-order valence-corrected chi connectivity index (χ3v) is 3.47. The molecule has 19 heavy (non-hydrogen) atoms. The van der Waals surface area contributed by atoms with Crippen molar-refractivity contribution in [2.24, 2.45) is 0 Å². The van der Waals surface area contributed by atoms with Gasteiger partial charge in [0.25, 0.3) is 0 Å². The van der Waals surface area contributed by atoms with E-state index in [0.29, 0.717) is 11.3 Å². The fourth-order valence-corrected chi connectivity index (χ4v) is 2.37. The van der Waals surface area contributed by atoms with E-state index in [1.165, 1.54) is 19.3 Å². The number of rotatable bonds is 5. The molecule has 1 aliphatic rings. The molecule has 5 heteroatoms. The average Bonchev–Trinajstić information content (AvgIpc) is 2.39. The summed E-state index contributed by atoms with van der Waals surface area (Å²) >= 11 is 6.01. The second kappa shape index (κ2) is 7.06. The highest BCUT2D eigenvalue weighted by Gasteiger charge is 2.13. The second-order valence-corrected chi connectivity index (χ2v) is 5.68. The van der Waals surface area contributed by atoms with Gasteiger partial charge in [-0.3, -0.25) is 0 Å². The van der Waals surface area contributed by atoms with Crippen LogP contribution >= 0.6 is 11.6 Å². The maximum absolute atomic E-state index is 6.01. The largest absolute Gasteiger partial charge is 0.378 e. The Hall–Kier alpha value is -0.870. The summed E-state index contributed by atoms with van der Waals surface area (Å²) in [6.07, 6.45) is 5.05. The number of nitrogens with one attached hydrogen (secondary N) is 1. The summed E-state index contributed by atoms with van der Waals surface area (Å²) in [5.74, 6) is 1.87. The first-order chi connectivity index (χ1) is 9.15. The van der Waals surface area contributed by atoms with Crippen LogP contribution in [0.3, 0.4) is 0 Å². The summed E-state index contributed by atoms with van der Waals surface area (Å²) < 4.78 is 5.70. The van der Waals surface area contributed by atoms with Crippen molar-refractivity contribution in [3.05, 3.63) is 17.0 Å². The molecule has 1 aliphatic heterocycles. The Morgan fingerprint density at radius 3 is 2.95 bits per heavy atom. The summed E-state index contributed by atoms with van der Waals surface area (Å²) in [4.78, 5) is 8.69. The quantitative estimate of drug-likeness (QED) is 0.839. The third-order valence-electron chi connectivity index (χ3n) is 3.28. The summed E-state index contributed by atoms with van der Waals surface area (Å²) in [6.45, 7) is 5.88. The van der Waals surface area contributed by atoms with E-state index >= 15 is 0 Å². The number of nitrogens with zero attached hydrogens (tertiary/aromatic N) is 2. The van der Waals surface area contributed by atoms with Crippen molar-refractivity contribution in [2.45, 2.75) is 51.6 Å². The van der Waals surface area contributed by atoms with E-state index < -0.39 is 0 Å². The highest BCUT2D eigenvalue weighted by molar-refractivity contribution is 6.29. The Morgan fingerprint density at radius 2 is 2.26 bits per heavy atom. The molecule has 106 valence electrons. The Labute approximate surface area is 119 Å². The smallest absolute Gasteiger partial charge is 0.135 e. The van der Waals surface area contributed by atoms with Gasteiger partial charge in [0.15, 0.2) is 0 Å². The van der Waals surface area contributed by atoms with Gasteiger partial charge in [-0.15, -0.1) is 0 Å². The van der Waals surface area contributed by atoms with Gasteiger partial charge >= 0.3 is 0 Å². The SMILES string of the molecule is CC(C)c1nc(Cl)cc(NCCC2CCCCO2)n1. The topological polar surface area (TPSA) is 47.0 Å². The number of hydrogen-bond donors (Lipinski definition) is 1. The Kier molecular flexibility index (Phi) is 5.40. The summed E-state index contributed by atoms with van der Waals surface area (Å²) in [5, 5.41) is 3.81. The van der Waals surface area contributed by atoms with E-state index in [2.05, 4.69) is 29.1 Å². The Balaban J connectivity index is 1.84. The van der Waals surface area contributed by atoms with Gasteiger partial charge in [0.2, 0.25) is 0 Å². The number of ether oxygens (including phenoxy) is 1. The maximum atomic E-state index is 6.01. The van der Waals surface area contributed by atoms with Crippen molar-refractivity contribution in [1.29, 1.82) is 0 Å². The zero-order valence-corrected chi connectivity index (χ0v) is 12.4. The molecule has 0 spiro atoms. The highest BCUT2D eigenvalue weighted by atomic mass is 35.5. The molecular formula is C14H22ClN3O. The standard InChI is InChI=1S/C14H22ClN3O/c1-10(2)14-17-12(15)9-13(18-14)16-7-6-11-5-3-4-8-19-11/h9-11H,3-8H2,1-2H3,(H,16,17,18). The molecule has 1 unspecified atom stereocenters. The van der Waals surface area contributed by atoms with Gasteiger partial charge in [0.05, 0.1) is 6.10 Å². The zero-order chi connectivity index (χ0) is 13.7. The van der Waals surface area contributed by atoms with Gasteiger partial charge in [0.1, 0.15) is 16.8 Å². The van der Waals surface area contributed by atoms with Crippen LogP contribution < -0.4 is 5.32 Å². The van der Waals surface area contributed by atoms with E-state index in [1.807, 2.05) is 0 Å². The van der Waals surface area contributed by atoms with Crippen molar-refractivity contribution in [2.75, 3.05) is 18.5 Å². The minimum Gasteiger partial charge on any atom is -0.378 e. The van der Waals surface area contributed by atoms with Crippen LogP contribution in [0.25, 0.3) is 0 Å². The molecule has 2 heterocycles. The van der Waals surface area contributed by atoms with Gasteiger partial charge in [-0.1, -0.05) is 25.4 Å². The number of halogens is 1. The van der Waals surface area contributed by atoms with Crippen LogP contribution in [0.2, 0.25) is 5.15 Å². The summed E-state index contributed by atoms with van der Waals surface area (Å²) in [5.41, 5.74) is 0. The van der Waals surface area contributed by atoms with Crippen LogP contribution in [0.15, 0.2) is 6.07 Å². The molecule has 4 nitrogen and oxygen atoms in total. The van der Waals surface area contributed by atoms with Crippen LogP contribution in [-0.2, 0) is 4.74 Å². The molecule has 0 aromatic carbocycles. The van der Waals surface area contributed by atoms with E-state index in [-0.39, 0.29) is 5.92 Å². The minimum atomic E-state index is 0.279. The number of anilines is 1. The van der Waals surface area contributed by atoms with Crippen LogP contribution in [-0.4, -0.2) is 29.2 Å². The monoisotopic (exact) mass is 283 g/mol. The lowest BCUT2D eigenvalue weighted by Gasteiger charge is -2.22. The molecule has 1 aromatic rings. The molecule has 0 bridgehead atoms. The van der Waals surface area contributed by atoms with Crippen molar-refractivity contribution >= 4 is 17.4 Å². The van der Waals surface area contributed by atoms with E-state index in [4.69, 9.17) is 16.3 Å². The highest BCUT2D eigenvalue weighted by Crippen LogP contribution is 2.18. The Bertz CT molecular complexity index is 406. The Morgan fingerprint density at radius 1 is 1.42 bits per heavy atom. The van der Waals surface area contributed by atoms with E-state index in [1.54, 1.807) is 6.07 Å². The van der Waals surface area contributed by atoms with E-state index in [9.17, 15) is 0 Å². The van der Waals surface area contributed by atoms with Gasteiger partial charge in [-0.05, 0) is 25.7 Å². The number of aromatic nitrogens is 2. The lowest BCUT2D eigenvalue weighted by molar-refractivity contribution is 0.0134. The fourth-order valence-electron chi connectivity index (χ4n) is 2.18. The van der Waals surface area contributed by atoms with Crippen LogP contribution in [0.4, 0.5) is 5.82 Å². The molecule has 1 saturated heterocycles. The molecule has 1 aromatic heterocycles. The fraction of sp³-hybridized carbons (Fsp3) is 0.714. The molecule has 1 atom stereocenters.